The summed E-state index contributed by atoms with van der Waals surface area (Å²) in [7, 11) is 0. The summed E-state index contributed by atoms with van der Waals surface area (Å²) >= 11 is 0. The molecular weight excluding hydrogens is 859 g/mol. The average Bonchev–Trinajstić information content (AvgIpc) is 3.34. The largest absolute Gasteiger partial charge is 0.394 e. The van der Waals surface area contributed by atoms with Crippen LogP contribution in [0.4, 0.5) is 0 Å². The Labute approximate surface area is 416 Å². The molecule has 400 valence electrons. The van der Waals surface area contributed by atoms with E-state index in [0.29, 0.717) is 19.3 Å². The van der Waals surface area contributed by atoms with Gasteiger partial charge in [-0.3, -0.25) is 4.79 Å². The van der Waals surface area contributed by atoms with E-state index in [1.54, 1.807) is 0 Å². The minimum absolute atomic E-state index is 0.242. The number of ether oxygens (including phenoxy) is 2. The highest BCUT2D eigenvalue weighted by molar-refractivity contribution is 5.80. The van der Waals surface area contributed by atoms with Gasteiger partial charge < -0.3 is 50.5 Å². The van der Waals surface area contributed by atoms with Gasteiger partial charge in [-0.2, -0.15) is 0 Å². The first-order chi connectivity index (χ1) is 33.2. The predicted octanol–water partition coefficient (Wildman–Crippen LogP) is 11.5. The second-order valence-electron chi connectivity index (χ2n) is 20.0. The molecular formula is C57H107NO10. The number of allylic oxidation sites excluding steroid dienone is 6. The third kappa shape index (κ3) is 34.6. The van der Waals surface area contributed by atoms with Crippen molar-refractivity contribution < 1.29 is 50.0 Å². The maximum atomic E-state index is 13.1. The van der Waals surface area contributed by atoms with E-state index >= 15 is 0 Å². The standard InChI is InChI=1S/C57H107NO10/c1-3-5-7-9-11-13-15-17-18-19-20-21-22-23-24-25-26-27-28-29-30-31-32-33-35-36-38-40-42-44-49(60)52(62)48(47-67-57-55(65)54(64)53(63)51(46-59)68-57)58-56(66)50(61)45-43-41-39-37-34-16-14-12-10-8-6-4-2/h27-28,31-32,36,38,48-55,57,59-65H,3-26,29-30,33-35,37,39-47H2,1-2H3,(H,58,66)/b28-27+,32-31+,38-36+. The third-order valence-electron chi connectivity index (χ3n) is 13.7. The molecule has 0 saturated carbocycles. The zero-order chi connectivity index (χ0) is 49.7. The fourth-order valence-corrected chi connectivity index (χ4v) is 9.00. The lowest BCUT2D eigenvalue weighted by Crippen LogP contribution is -2.60. The number of hydrogen-bond donors (Lipinski definition) is 8. The van der Waals surface area contributed by atoms with Crippen molar-refractivity contribution in [1.82, 2.24) is 5.32 Å². The van der Waals surface area contributed by atoms with Gasteiger partial charge in [-0.05, 0) is 64.2 Å². The average molecular weight is 966 g/mol. The molecule has 1 aliphatic heterocycles. The highest BCUT2D eigenvalue weighted by Gasteiger charge is 2.44. The maximum absolute atomic E-state index is 13.1. The first kappa shape index (κ1) is 64.3. The van der Waals surface area contributed by atoms with Crippen LogP contribution in [0.15, 0.2) is 36.5 Å². The Balaban J connectivity index is 2.31. The van der Waals surface area contributed by atoms with E-state index in [-0.39, 0.29) is 12.8 Å². The summed E-state index contributed by atoms with van der Waals surface area (Å²) in [6, 6.07) is -1.19. The second kappa shape index (κ2) is 46.4. The SMILES string of the molecule is CCCCCCCCCCCCCCCCCC/C=C/CC/C=C/CC/C=C/CCCC(O)C(O)C(COC1OC(CO)C(O)C(O)C1O)NC(=O)C(O)CCCCCCCCCCCCCC. The summed E-state index contributed by atoms with van der Waals surface area (Å²) in [5, 5.41) is 75.9. The highest BCUT2D eigenvalue weighted by atomic mass is 16.7. The molecule has 1 saturated heterocycles. The Hall–Kier alpha value is -1.67. The van der Waals surface area contributed by atoms with Crippen LogP contribution in [-0.4, -0.2) is 110 Å². The fraction of sp³-hybridized carbons (Fsp3) is 0.877. The normalized spacial score (nSPS) is 20.8. The monoisotopic (exact) mass is 966 g/mol. The van der Waals surface area contributed by atoms with Crippen LogP contribution in [-0.2, 0) is 14.3 Å². The third-order valence-corrected chi connectivity index (χ3v) is 13.7. The van der Waals surface area contributed by atoms with Crippen LogP contribution in [0.5, 0.6) is 0 Å². The summed E-state index contributed by atoms with van der Waals surface area (Å²) in [4.78, 5) is 13.1. The first-order valence-corrected chi connectivity index (χ1v) is 28.4. The lowest BCUT2D eigenvalue weighted by atomic mass is 9.98. The van der Waals surface area contributed by atoms with Crippen molar-refractivity contribution >= 4 is 5.91 Å². The van der Waals surface area contributed by atoms with Crippen LogP contribution in [0.1, 0.15) is 251 Å². The number of rotatable bonds is 48. The van der Waals surface area contributed by atoms with Crippen LogP contribution < -0.4 is 5.32 Å². The highest BCUT2D eigenvalue weighted by Crippen LogP contribution is 2.23. The van der Waals surface area contributed by atoms with Crippen LogP contribution >= 0.6 is 0 Å². The van der Waals surface area contributed by atoms with E-state index in [1.807, 2.05) is 0 Å². The number of nitrogens with one attached hydrogen (secondary N) is 1. The number of unbranched alkanes of at least 4 members (excludes halogenated alkanes) is 30. The van der Waals surface area contributed by atoms with Gasteiger partial charge in [0.25, 0.3) is 0 Å². The molecule has 8 N–H and O–H groups in total. The Morgan fingerprint density at radius 3 is 1.31 bits per heavy atom. The van der Waals surface area contributed by atoms with Gasteiger partial charge in [-0.1, -0.05) is 224 Å². The second-order valence-corrected chi connectivity index (χ2v) is 20.0. The van der Waals surface area contributed by atoms with Gasteiger partial charge >= 0.3 is 0 Å². The molecule has 0 bridgehead atoms. The molecule has 0 radical (unpaired) electrons. The minimum atomic E-state index is -1.67. The van der Waals surface area contributed by atoms with Crippen molar-refractivity contribution in [3.05, 3.63) is 36.5 Å². The molecule has 9 unspecified atom stereocenters. The minimum Gasteiger partial charge on any atom is -0.394 e. The number of carbonyl (C=O) groups is 1. The molecule has 0 aromatic rings. The summed E-state index contributed by atoms with van der Waals surface area (Å²) in [6.45, 7) is 3.43. The van der Waals surface area contributed by atoms with E-state index in [0.717, 1.165) is 44.9 Å². The van der Waals surface area contributed by atoms with E-state index in [4.69, 9.17) is 9.47 Å². The molecule has 0 aliphatic carbocycles. The van der Waals surface area contributed by atoms with Crippen molar-refractivity contribution in [3.63, 3.8) is 0 Å². The van der Waals surface area contributed by atoms with Crippen molar-refractivity contribution in [2.75, 3.05) is 13.2 Å². The fourth-order valence-electron chi connectivity index (χ4n) is 9.00. The predicted molar refractivity (Wildman–Crippen MR) is 279 cm³/mol. The molecule has 1 fully saturated rings. The lowest BCUT2D eigenvalue weighted by molar-refractivity contribution is -0.303. The smallest absolute Gasteiger partial charge is 0.249 e. The summed E-state index contributed by atoms with van der Waals surface area (Å²) in [5.41, 5.74) is 0. The lowest BCUT2D eigenvalue weighted by Gasteiger charge is -2.40. The number of carbonyl (C=O) groups excluding carboxylic acids is 1. The molecule has 0 aromatic carbocycles. The van der Waals surface area contributed by atoms with Crippen LogP contribution in [0.25, 0.3) is 0 Å². The molecule has 68 heavy (non-hydrogen) atoms. The molecule has 9 atom stereocenters. The molecule has 11 heteroatoms. The maximum Gasteiger partial charge on any atom is 0.249 e. The van der Waals surface area contributed by atoms with Gasteiger partial charge in [-0.25, -0.2) is 0 Å². The summed E-state index contributed by atoms with van der Waals surface area (Å²) < 4.78 is 11.1. The van der Waals surface area contributed by atoms with Gasteiger partial charge in [0.15, 0.2) is 6.29 Å². The molecule has 1 aliphatic rings. The van der Waals surface area contributed by atoms with E-state index in [2.05, 4.69) is 55.6 Å². The Bertz CT molecular complexity index is 1200. The zero-order valence-electron chi connectivity index (χ0n) is 43.6. The molecule has 0 spiro atoms. The van der Waals surface area contributed by atoms with Gasteiger partial charge in [-0.15, -0.1) is 0 Å². The number of hydrogen-bond acceptors (Lipinski definition) is 10. The van der Waals surface area contributed by atoms with Crippen LogP contribution in [0.2, 0.25) is 0 Å². The Morgan fingerprint density at radius 1 is 0.500 bits per heavy atom. The van der Waals surface area contributed by atoms with E-state index in [9.17, 15) is 40.5 Å². The summed E-state index contributed by atoms with van der Waals surface area (Å²) in [5.74, 6) is -0.712. The van der Waals surface area contributed by atoms with Crippen LogP contribution in [0, 0.1) is 0 Å². The zero-order valence-corrected chi connectivity index (χ0v) is 43.6. The van der Waals surface area contributed by atoms with Gasteiger partial charge in [0.05, 0.1) is 25.4 Å². The topological polar surface area (TPSA) is 189 Å². The van der Waals surface area contributed by atoms with Crippen molar-refractivity contribution in [2.24, 2.45) is 0 Å². The molecule has 0 aromatic heterocycles. The van der Waals surface area contributed by atoms with Crippen molar-refractivity contribution in [1.29, 1.82) is 0 Å². The number of aliphatic hydroxyl groups excluding tert-OH is 7. The van der Waals surface area contributed by atoms with E-state index in [1.165, 1.54) is 161 Å². The van der Waals surface area contributed by atoms with Gasteiger partial charge in [0, 0.05) is 0 Å². The Morgan fingerprint density at radius 2 is 0.882 bits per heavy atom. The molecule has 11 nitrogen and oxygen atoms in total. The Kier molecular flexibility index (Phi) is 43.9. The van der Waals surface area contributed by atoms with Crippen LogP contribution in [0.3, 0.4) is 0 Å². The molecule has 1 rings (SSSR count). The molecule has 1 amide bonds. The first-order valence-electron chi connectivity index (χ1n) is 28.4. The van der Waals surface area contributed by atoms with E-state index < -0.39 is 74.2 Å². The van der Waals surface area contributed by atoms with Crippen molar-refractivity contribution in [3.8, 4) is 0 Å². The van der Waals surface area contributed by atoms with Gasteiger partial charge in [0.1, 0.15) is 36.6 Å². The quantitative estimate of drug-likeness (QED) is 0.0215. The molecule has 1 heterocycles. The van der Waals surface area contributed by atoms with Gasteiger partial charge in [0.2, 0.25) is 5.91 Å². The number of amides is 1. The summed E-state index contributed by atoms with van der Waals surface area (Å²) in [6.07, 6.45) is 45.1. The number of aliphatic hydroxyl groups is 7. The van der Waals surface area contributed by atoms with Crippen molar-refractivity contribution in [2.45, 2.75) is 306 Å².